The van der Waals surface area contributed by atoms with E-state index in [1.165, 1.54) is 0 Å². The van der Waals surface area contributed by atoms with Crippen LogP contribution in [0.25, 0.3) is 0 Å². The highest BCUT2D eigenvalue weighted by Crippen LogP contribution is 2.20. The fourth-order valence-electron chi connectivity index (χ4n) is 2.98. The van der Waals surface area contributed by atoms with E-state index >= 15 is 0 Å². The Bertz CT molecular complexity index is 417. The van der Waals surface area contributed by atoms with E-state index in [9.17, 15) is 9.59 Å². The molecule has 1 aliphatic rings. The molecule has 0 bridgehead atoms. The normalized spacial score (nSPS) is 21.0. The standard InChI is InChI=1S/C17H31N3O4/c1-3-9-19(2)10-6-4-5-7-12-24-14-8-11-20(17(22)23)15(13-14)16(18)21/h3,14-15H,1,4-13H2,2H3,(H2,18,21)(H,22,23). The molecule has 1 rings (SSSR count). The van der Waals surface area contributed by atoms with E-state index in [4.69, 9.17) is 15.6 Å². The highest BCUT2D eigenvalue weighted by atomic mass is 16.5. The van der Waals surface area contributed by atoms with Crippen molar-refractivity contribution in [3.63, 3.8) is 0 Å². The molecule has 3 N–H and O–H groups in total. The number of carbonyl (C=O) groups excluding carboxylic acids is 1. The number of unbranched alkanes of at least 4 members (excludes halogenated alkanes) is 3. The van der Waals surface area contributed by atoms with Gasteiger partial charge in [-0.05, 0) is 32.9 Å². The first-order valence-corrected chi connectivity index (χ1v) is 8.65. The number of piperidine rings is 1. The minimum atomic E-state index is -1.10. The highest BCUT2D eigenvalue weighted by Gasteiger charge is 2.35. The van der Waals surface area contributed by atoms with Gasteiger partial charge in [0.1, 0.15) is 6.04 Å². The van der Waals surface area contributed by atoms with Crippen LogP contribution in [0.3, 0.4) is 0 Å². The maximum Gasteiger partial charge on any atom is 0.407 e. The van der Waals surface area contributed by atoms with Crippen molar-refractivity contribution in [2.45, 2.75) is 50.7 Å². The van der Waals surface area contributed by atoms with Gasteiger partial charge in [0, 0.05) is 26.1 Å². The molecule has 0 aromatic rings. The third kappa shape index (κ3) is 7.31. The van der Waals surface area contributed by atoms with E-state index in [-0.39, 0.29) is 6.10 Å². The van der Waals surface area contributed by atoms with Crippen molar-refractivity contribution in [2.75, 3.05) is 33.3 Å². The Kier molecular flexibility index (Phi) is 9.41. The zero-order chi connectivity index (χ0) is 17.9. The van der Waals surface area contributed by atoms with Crippen molar-refractivity contribution >= 4 is 12.0 Å². The number of ether oxygens (including phenoxy) is 1. The van der Waals surface area contributed by atoms with Crippen LogP contribution in [0.4, 0.5) is 4.79 Å². The summed E-state index contributed by atoms with van der Waals surface area (Å²) in [4.78, 5) is 25.9. The Labute approximate surface area is 144 Å². The molecule has 2 unspecified atom stereocenters. The molecule has 0 aromatic heterocycles. The van der Waals surface area contributed by atoms with Crippen molar-refractivity contribution in [1.29, 1.82) is 0 Å². The fourth-order valence-corrected chi connectivity index (χ4v) is 2.98. The number of likely N-dealkylation sites (N-methyl/N-ethyl adjacent to an activating group) is 1. The van der Waals surface area contributed by atoms with Gasteiger partial charge in [-0.25, -0.2) is 4.79 Å². The SMILES string of the molecule is C=CCN(C)CCCCCCOC1CCN(C(=O)O)C(C(N)=O)C1. The molecule has 7 heteroatoms. The van der Waals surface area contributed by atoms with Crippen LogP contribution in [-0.4, -0.2) is 72.3 Å². The Balaban J connectivity index is 2.14. The summed E-state index contributed by atoms with van der Waals surface area (Å²) < 4.78 is 5.81. The molecule has 1 saturated heterocycles. The largest absolute Gasteiger partial charge is 0.465 e. The molecule has 0 radical (unpaired) electrons. The van der Waals surface area contributed by atoms with Gasteiger partial charge in [-0.2, -0.15) is 0 Å². The minimum absolute atomic E-state index is 0.0863. The third-order valence-electron chi connectivity index (χ3n) is 4.36. The Morgan fingerprint density at radius 1 is 1.38 bits per heavy atom. The van der Waals surface area contributed by atoms with Gasteiger partial charge < -0.3 is 20.5 Å². The summed E-state index contributed by atoms with van der Waals surface area (Å²) in [5, 5.41) is 9.08. The van der Waals surface area contributed by atoms with Gasteiger partial charge in [-0.1, -0.05) is 18.9 Å². The van der Waals surface area contributed by atoms with Crippen LogP contribution in [0.2, 0.25) is 0 Å². The highest BCUT2D eigenvalue weighted by molar-refractivity contribution is 5.84. The number of hydrogen-bond acceptors (Lipinski definition) is 4. The van der Waals surface area contributed by atoms with Crippen molar-refractivity contribution in [3.8, 4) is 0 Å². The van der Waals surface area contributed by atoms with E-state index < -0.39 is 18.0 Å². The van der Waals surface area contributed by atoms with Crippen LogP contribution in [0.15, 0.2) is 12.7 Å². The maximum atomic E-state index is 11.4. The summed E-state index contributed by atoms with van der Waals surface area (Å²) in [6, 6.07) is -0.776. The lowest BCUT2D eigenvalue weighted by atomic mass is 9.99. The van der Waals surface area contributed by atoms with Crippen molar-refractivity contribution in [2.24, 2.45) is 5.73 Å². The monoisotopic (exact) mass is 341 g/mol. The van der Waals surface area contributed by atoms with Gasteiger partial charge in [0.25, 0.3) is 0 Å². The zero-order valence-corrected chi connectivity index (χ0v) is 14.7. The average Bonchev–Trinajstić information content (AvgIpc) is 2.53. The first-order valence-electron chi connectivity index (χ1n) is 8.65. The van der Waals surface area contributed by atoms with Gasteiger partial charge in [0.05, 0.1) is 6.10 Å². The van der Waals surface area contributed by atoms with Gasteiger partial charge in [0.15, 0.2) is 0 Å². The number of rotatable bonds is 11. The molecule has 138 valence electrons. The first-order chi connectivity index (χ1) is 11.5. The van der Waals surface area contributed by atoms with Crippen LogP contribution < -0.4 is 5.73 Å². The lowest BCUT2D eigenvalue weighted by Crippen LogP contribution is -2.53. The minimum Gasteiger partial charge on any atom is -0.465 e. The zero-order valence-electron chi connectivity index (χ0n) is 14.7. The molecule has 24 heavy (non-hydrogen) atoms. The number of hydrogen-bond donors (Lipinski definition) is 2. The second-order valence-electron chi connectivity index (χ2n) is 6.38. The lowest BCUT2D eigenvalue weighted by Gasteiger charge is -2.35. The van der Waals surface area contributed by atoms with Crippen LogP contribution in [0.1, 0.15) is 38.5 Å². The lowest BCUT2D eigenvalue weighted by molar-refractivity contribution is -0.126. The molecule has 0 saturated carbocycles. The predicted octanol–water partition coefficient (Wildman–Crippen LogP) is 1.68. The molecule has 2 amide bonds. The Morgan fingerprint density at radius 3 is 2.71 bits per heavy atom. The van der Waals surface area contributed by atoms with Crippen molar-refractivity contribution in [3.05, 3.63) is 12.7 Å². The van der Waals surface area contributed by atoms with Crippen LogP contribution in [0.5, 0.6) is 0 Å². The topological polar surface area (TPSA) is 96.1 Å². The maximum absolute atomic E-state index is 11.4. The van der Waals surface area contributed by atoms with Gasteiger partial charge in [-0.15, -0.1) is 6.58 Å². The summed E-state index contributed by atoms with van der Waals surface area (Å²) >= 11 is 0. The quantitative estimate of drug-likeness (QED) is 0.440. The summed E-state index contributed by atoms with van der Waals surface area (Å²) in [7, 11) is 2.09. The second-order valence-corrected chi connectivity index (χ2v) is 6.38. The first kappa shape index (κ1) is 20.4. The van der Waals surface area contributed by atoms with Crippen molar-refractivity contribution < 1.29 is 19.4 Å². The van der Waals surface area contributed by atoms with Crippen molar-refractivity contribution in [1.82, 2.24) is 9.80 Å². The number of carbonyl (C=O) groups is 2. The van der Waals surface area contributed by atoms with E-state index in [0.717, 1.165) is 43.7 Å². The molecule has 0 spiro atoms. The van der Waals surface area contributed by atoms with Gasteiger partial charge in [-0.3, -0.25) is 9.69 Å². The number of likely N-dealkylation sites (tertiary alicyclic amines) is 1. The summed E-state index contributed by atoms with van der Waals surface area (Å²) in [5.41, 5.74) is 5.30. The van der Waals surface area contributed by atoms with E-state index in [0.29, 0.717) is 26.0 Å². The molecule has 2 atom stereocenters. The molecule has 1 heterocycles. The molecular formula is C17H31N3O4. The van der Waals surface area contributed by atoms with Crippen LogP contribution >= 0.6 is 0 Å². The smallest absolute Gasteiger partial charge is 0.407 e. The number of nitrogens with zero attached hydrogens (tertiary/aromatic N) is 2. The summed E-state index contributed by atoms with van der Waals surface area (Å²) in [5.74, 6) is -0.602. The Morgan fingerprint density at radius 2 is 2.08 bits per heavy atom. The number of primary amides is 1. The van der Waals surface area contributed by atoms with Gasteiger partial charge in [0.2, 0.25) is 5.91 Å². The van der Waals surface area contributed by atoms with E-state index in [1.54, 1.807) is 0 Å². The van der Waals surface area contributed by atoms with Crippen LogP contribution in [-0.2, 0) is 9.53 Å². The molecule has 7 nitrogen and oxygen atoms in total. The average molecular weight is 341 g/mol. The van der Waals surface area contributed by atoms with Crippen LogP contribution in [0, 0.1) is 0 Å². The van der Waals surface area contributed by atoms with Gasteiger partial charge >= 0.3 is 6.09 Å². The second kappa shape index (κ2) is 11.0. The molecule has 1 fully saturated rings. The molecular weight excluding hydrogens is 310 g/mol. The van der Waals surface area contributed by atoms with E-state index in [2.05, 4.69) is 18.5 Å². The fraction of sp³-hybridized carbons (Fsp3) is 0.765. The summed E-state index contributed by atoms with van der Waals surface area (Å²) in [6.07, 6.45) is 6.09. The molecule has 1 aliphatic heterocycles. The molecule has 0 aliphatic carbocycles. The number of amides is 2. The Hall–Kier alpha value is -1.60. The molecule has 0 aromatic carbocycles. The number of nitrogens with two attached hydrogens (primary N) is 1. The van der Waals surface area contributed by atoms with E-state index in [1.807, 2.05) is 6.08 Å². The predicted molar refractivity (Wildman–Crippen MR) is 92.8 cm³/mol. The third-order valence-corrected chi connectivity index (χ3v) is 4.36. The summed E-state index contributed by atoms with van der Waals surface area (Å²) in [6.45, 7) is 6.65. The number of carboxylic acid groups (broad SMARTS) is 1.